The van der Waals surface area contributed by atoms with Gasteiger partial charge in [0.2, 0.25) is 0 Å². The van der Waals surface area contributed by atoms with Crippen molar-refractivity contribution in [3.63, 3.8) is 0 Å². The third-order valence-corrected chi connectivity index (χ3v) is 1.85. The lowest BCUT2D eigenvalue weighted by Gasteiger charge is -2.16. The van der Waals surface area contributed by atoms with Crippen LogP contribution < -0.4 is 0 Å². The summed E-state index contributed by atoms with van der Waals surface area (Å²) in [5.74, 6) is -4.97. The molecule has 0 amide bonds. The predicted octanol–water partition coefficient (Wildman–Crippen LogP) is 2.73. The number of aromatic nitrogens is 2. The molecule has 0 radical (unpaired) electrons. The molecule has 8 heteroatoms. The Labute approximate surface area is 80.3 Å². The molecule has 0 bridgehead atoms. The molecular formula is C6H4ClF5N2. The topological polar surface area (TPSA) is 17.8 Å². The molecule has 80 valence electrons. The van der Waals surface area contributed by atoms with Crippen LogP contribution in [0.25, 0.3) is 0 Å². The van der Waals surface area contributed by atoms with Crippen molar-refractivity contribution < 1.29 is 22.0 Å². The van der Waals surface area contributed by atoms with Gasteiger partial charge in [0, 0.05) is 13.1 Å². The zero-order chi connectivity index (χ0) is 11.1. The molecule has 0 aromatic carbocycles. The van der Waals surface area contributed by atoms with Gasteiger partial charge in [-0.15, -0.1) is 0 Å². The van der Waals surface area contributed by atoms with Gasteiger partial charge in [-0.25, -0.2) is 0 Å². The van der Waals surface area contributed by atoms with Crippen LogP contribution in [0.2, 0.25) is 5.15 Å². The number of hydrogen-bond donors (Lipinski definition) is 0. The Hall–Kier alpha value is -0.850. The van der Waals surface area contributed by atoms with E-state index in [1.807, 2.05) is 0 Å². The molecule has 0 unspecified atom stereocenters. The highest BCUT2D eigenvalue weighted by molar-refractivity contribution is 6.29. The third-order valence-electron chi connectivity index (χ3n) is 1.50. The van der Waals surface area contributed by atoms with E-state index in [0.717, 1.165) is 11.7 Å². The summed E-state index contributed by atoms with van der Waals surface area (Å²) in [5.41, 5.74) is -1.41. The second-order valence-corrected chi connectivity index (χ2v) is 2.94. The van der Waals surface area contributed by atoms with E-state index < -0.39 is 17.8 Å². The van der Waals surface area contributed by atoms with Crippen LogP contribution in [0.4, 0.5) is 22.0 Å². The van der Waals surface area contributed by atoms with Crippen molar-refractivity contribution in [1.82, 2.24) is 9.78 Å². The van der Waals surface area contributed by atoms with Crippen molar-refractivity contribution in [2.45, 2.75) is 12.1 Å². The normalized spacial score (nSPS) is 13.4. The molecule has 1 aromatic heterocycles. The van der Waals surface area contributed by atoms with Crippen LogP contribution in [0.15, 0.2) is 6.07 Å². The molecule has 0 spiro atoms. The Morgan fingerprint density at radius 1 is 1.29 bits per heavy atom. The molecule has 0 aliphatic rings. The first-order valence-corrected chi connectivity index (χ1v) is 3.68. The van der Waals surface area contributed by atoms with E-state index in [1.54, 1.807) is 0 Å². The van der Waals surface area contributed by atoms with Crippen molar-refractivity contribution in [3.05, 3.63) is 16.9 Å². The van der Waals surface area contributed by atoms with Crippen LogP contribution in [0, 0.1) is 0 Å². The molecule has 1 aromatic rings. The summed E-state index contributed by atoms with van der Waals surface area (Å²) < 4.78 is 61.4. The van der Waals surface area contributed by atoms with E-state index in [1.165, 1.54) is 0 Å². The van der Waals surface area contributed by atoms with Gasteiger partial charge in [-0.05, 0) is 0 Å². The predicted molar refractivity (Wildman–Crippen MR) is 38.2 cm³/mol. The molecule has 0 N–H and O–H groups in total. The summed E-state index contributed by atoms with van der Waals surface area (Å²) in [6, 6.07) is 0.481. The van der Waals surface area contributed by atoms with Gasteiger partial charge >= 0.3 is 12.1 Å². The minimum atomic E-state index is -5.66. The molecule has 1 rings (SSSR count). The van der Waals surface area contributed by atoms with Gasteiger partial charge in [0.05, 0.1) is 0 Å². The van der Waals surface area contributed by atoms with Crippen LogP contribution in [0.5, 0.6) is 0 Å². The van der Waals surface area contributed by atoms with Gasteiger partial charge in [-0.3, -0.25) is 4.68 Å². The number of alkyl halides is 5. The van der Waals surface area contributed by atoms with Gasteiger partial charge in [-0.2, -0.15) is 27.1 Å². The quantitative estimate of drug-likeness (QED) is 0.683. The Morgan fingerprint density at radius 2 is 1.79 bits per heavy atom. The maximum absolute atomic E-state index is 12.6. The summed E-state index contributed by atoms with van der Waals surface area (Å²) in [6.07, 6.45) is -5.66. The number of aryl methyl sites for hydroxylation is 1. The van der Waals surface area contributed by atoms with E-state index in [9.17, 15) is 22.0 Å². The third kappa shape index (κ3) is 1.68. The molecule has 14 heavy (non-hydrogen) atoms. The number of rotatable bonds is 1. The van der Waals surface area contributed by atoms with Crippen molar-refractivity contribution in [1.29, 1.82) is 0 Å². The van der Waals surface area contributed by atoms with Crippen LogP contribution >= 0.6 is 11.6 Å². The van der Waals surface area contributed by atoms with Crippen LogP contribution in [-0.2, 0) is 13.0 Å². The van der Waals surface area contributed by atoms with Crippen molar-refractivity contribution in [2.24, 2.45) is 7.05 Å². The minimum absolute atomic E-state index is 0.288. The zero-order valence-corrected chi connectivity index (χ0v) is 7.50. The summed E-state index contributed by atoms with van der Waals surface area (Å²) in [5, 5.41) is 2.68. The lowest BCUT2D eigenvalue weighted by molar-refractivity contribution is -0.291. The van der Waals surface area contributed by atoms with Crippen LogP contribution in [-0.4, -0.2) is 16.0 Å². The van der Waals surface area contributed by atoms with Gasteiger partial charge in [-0.1, -0.05) is 11.6 Å². The second kappa shape index (κ2) is 3.08. The molecule has 0 aliphatic heterocycles. The van der Waals surface area contributed by atoms with E-state index in [2.05, 4.69) is 5.10 Å². The number of halogens is 6. The van der Waals surface area contributed by atoms with Crippen molar-refractivity contribution >= 4 is 11.6 Å². The fourth-order valence-corrected chi connectivity index (χ4v) is 0.884. The standard InChI is InChI=1S/C6H4ClF5N2/c1-14-4(7)2-3(13-14)5(8,9)6(10,11)12/h2H,1H3. The highest BCUT2D eigenvalue weighted by Gasteiger charge is 2.60. The van der Waals surface area contributed by atoms with Gasteiger partial charge in [0.1, 0.15) is 10.8 Å². The van der Waals surface area contributed by atoms with Crippen molar-refractivity contribution in [2.75, 3.05) is 0 Å². The highest BCUT2D eigenvalue weighted by Crippen LogP contribution is 2.43. The monoisotopic (exact) mass is 234 g/mol. The largest absolute Gasteiger partial charge is 0.459 e. The Bertz CT molecular complexity index is 323. The van der Waals surface area contributed by atoms with Crippen LogP contribution in [0.3, 0.4) is 0 Å². The smallest absolute Gasteiger partial charge is 0.257 e. The second-order valence-electron chi connectivity index (χ2n) is 2.55. The van der Waals surface area contributed by atoms with Crippen molar-refractivity contribution in [3.8, 4) is 0 Å². The summed E-state index contributed by atoms with van der Waals surface area (Å²) in [4.78, 5) is 0. The average Bonchev–Trinajstić information content (AvgIpc) is 2.30. The number of nitrogens with zero attached hydrogens (tertiary/aromatic N) is 2. The zero-order valence-electron chi connectivity index (χ0n) is 6.74. The fraction of sp³-hybridized carbons (Fsp3) is 0.500. The summed E-state index contributed by atoms with van der Waals surface area (Å²) in [7, 11) is 1.16. The molecule has 2 nitrogen and oxygen atoms in total. The fourth-order valence-electron chi connectivity index (χ4n) is 0.743. The van der Waals surface area contributed by atoms with Gasteiger partial charge in [0.15, 0.2) is 0 Å². The first kappa shape index (κ1) is 11.2. The molecule has 1 heterocycles. The molecule has 0 aliphatic carbocycles. The van der Waals surface area contributed by atoms with E-state index in [4.69, 9.17) is 11.6 Å². The average molecular weight is 235 g/mol. The molecule has 0 saturated carbocycles. The first-order chi connectivity index (χ1) is 6.16. The highest BCUT2D eigenvalue weighted by atomic mass is 35.5. The van der Waals surface area contributed by atoms with Gasteiger partial charge in [0.25, 0.3) is 0 Å². The van der Waals surface area contributed by atoms with E-state index in [0.29, 0.717) is 6.07 Å². The Balaban J connectivity index is 3.16. The van der Waals surface area contributed by atoms with E-state index in [-0.39, 0.29) is 5.15 Å². The molecular weight excluding hydrogens is 231 g/mol. The molecule has 0 atom stereocenters. The lowest BCUT2D eigenvalue weighted by Crippen LogP contribution is -2.34. The first-order valence-electron chi connectivity index (χ1n) is 3.31. The maximum atomic E-state index is 12.6. The molecule has 0 fully saturated rings. The Morgan fingerprint density at radius 3 is 2.07 bits per heavy atom. The lowest BCUT2D eigenvalue weighted by atomic mass is 10.2. The summed E-state index contributed by atoms with van der Waals surface area (Å²) in [6.45, 7) is 0. The van der Waals surface area contributed by atoms with Crippen LogP contribution in [0.1, 0.15) is 5.69 Å². The SMILES string of the molecule is Cn1nc(C(F)(F)C(F)(F)F)cc1Cl. The maximum Gasteiger partial charge on any atom is 0.459 e. The van der Waals surface area contributed by atoms with Gasteiger partial charge < -0.3 is 0 Å². The number of hydrogen-bond acceptors (Lipinski definition) is 1. The summed E-state index contributed by atoms with van der Waals surface area (Å²) >= 11 is 5.29. The molecule has 0 saturated heterocycles. The minimum Gasteiger partial charge on any atom is -0.257 e. The Kier molecular flexibility index (Phi) is 2.47. The van der Waals surface area contributed by atoms with E-state index >= 15 is 0 Å².